The first kappa shape index (κ1) is 23.2. The van der Waals surface area contributed by atoms with Gasteiger partial charge in [0.1, 0.15) is 11.8 Å². The number of piperidine rings is 3. The third-order valence-corrected chi connectivity index (χ3v) is 8.17. The smallest absolute Gasteiger partial charge is 0.137 e. The molecule has 2 bridgehead atoms. The summed E-state index contributed by atoms with van der Waals surface area (Å²) in [4.78, 5) is 16.8. The average molecular weight is 462 g/mol. The summed E-state index contributed by atoms with van der Waals surface area (Å²) < 4.78 is 5.81. The lowest BCUT2D eigenvalue weighted by molar-refractivity contribution is -0.276. The molecule has 4 aliphatic rings. The van der Waals surface area contributed by atoms with Crippen LogP contribution in [0.2, 0.25) is 0 Å². The largest absolute Gasteiger partial charge is 0.530 e. The van der Waals surface area contributed by atoms with Gasteiger partial charge in [-0.25, -0.2) is 0 Å². The monoisotopic (exact) mass is 461 g/mol. The molecule has 0 unspecified atom stereocenters. The van der Waals surface area contributed by atoms with Crippen LogP contribution in [-0.4, -0.2) is 47.7 Å². The zero-order valence-electron chi connectivity index (χ0n) is 21.1. The van der Waals surface area contributed by atoms with Gasteiger partial charge in [-0.2, -0.15) is 0 Å². The van der Waals surface area contributed by atoms with Crippen molar-refractivity contribution in [1.82, 2.24) is 9.80 Å². The van der Waals surface area contributed by atoms with E-state index in [1.165, 1.54) is 16.7 Å². The standard InChI is InChI=1S/C29H38N2O3/c1-18(2)34-23-8-6-20(7-9-23)24-15-22-16-29(4,5)27(25(22)14-19(24)3)31(28(32)33)26-17-30-12-10-21(26)11-13-30/h6-9,14-15,18,21,26-27H,10-13,16-17H2,1-5H3,(H,32,33)/p-1/t26-,27+/m1/s1. The Balaban J connectivity index is 1.50. The van der Waals surface area contributed by atoms with Gasteiger partial charge < -0.3 is 24.4 Å². The van der Waals surface area contributed by atoms with Gasteiger partial charge in [0.2, 0.25) is 0 Å². The fourth-order valence-electron chi connectivity index (χ4n) is 6.70. The lowest BCUT2D eigenvalue weighted by Crippen LogP contribution is -2.62. The lowest BCUT2D eigenvalue weighted by atomic mass is 9.79. The van der Waals surface area contributed by atoms with Crippen molar-refractivity contribution in [3.05, 3.63) is 53.1 Å². The van der Waals surface area contributed by atoms with Crippen LogP contribution in [0, 0.1) is 18.3 Å². The molecule has 2 atom stereocenters. The number of carbonyl (C=O) groups excluding carboxylic acids is 1. The third kappa shape index (κ3) is 4.08. The summed E-state index contributed by atoms with van der Waals surface area (Å²) in [5.41, 5.74) is 5.76. The number of benzene rings is 2. The van der Waals surface area contributed by atoms with Crippen LogP contribution in [0.25, 0.3) is 11.1 Å². The number of nitrogens with zero attached hydrogens (tertiary/aromatic N) is 2. The molecular weight excluding hydrogens is 424 g/mol. The van der Waals surface area contributed by atoms with Crippen LogP contribution in [0.4, 0.5) is 4.79 Å². The van der Waals surface area contributed by atoms with E-state index in [1.54, 1.807) is 4.90 Å². The van der Waals surface area contributed by atoms with E-state index in [9.17, 15) is 9.90 Å². The first-order valence-corrected chi connectivity index (χ1v) is 12.8. The van der Waals surface area contributed by atoms with E-state index in [-0.39, 0.29) is 23.6 Å². The maximum atomic E-state index is 12.6. The lowest BCUT2D eigenvalue weighted by Gasteiger charge is -2.53. The second-order valence-electron chi connectivity index (χ2n) is 11.5. The molecule has 3 aliphatic heterocycles. The van der Waals surface area contributed by atoms with Crippen molar-refractivity contribution in [2.24, 2.45) is 11.3 Å². The number of amides is 1. The zero-order chi connectivity index (χ0) is 24.2. The highest BCUT2D eigenvalue weighted by atomic mass is 16.5. The topological polar surface area (TPSA) is 55.8 Å². The molecule has 34 heavy (non-hydrogen) atoms. The molecule has 2 aromatic carbocycles. The normalized spacial score (nSPS) is 27.0. The Labute approximate surface area is 203 Å². The quantitative estimate of drug-likeness (QED) is 0.641. The molecule has 1 aliphatic carbocycles. The predicted molar refractivity (Wildman–Crippen MR) is 133 cm³/mol. The number of rotatable bonds is 5. The fourth-order valence-corrected chi connectivity index (χ4v) is 6.70. The molecule has 5 nitrogen and oxygen atoms in total. The first-order chi connectivity index (χ1) is 16.1. The van der Waals surface area contributed by atoms with E-state index >= 15 is 0 Å². The molecule has 1 amide bonds. The Morgan fingerprint density at radius 3 is 2.38 bits per heavy atom. The second-order valence-corrected chi connectivity index (χ2v) is 11.5. The number of carboxylic acid groups (broad SMARTS) is 1. The summed E-state index contributed by atoms with van der Waals surface area (Å²) in [5, 5.41) is 12.6. The Morgan fingerprint density at radius 2 is 1.82 bits per heavy atom. The average Bonchev–Trinajstić information content (AvgIpc) is 3.03. The molecule has 0 N–H and O–H groups in total. The molecular formula is C29H37N2O3-. The Kier molecular flexibility index (Phi) is 5.87. The third-order valence-electron chi connectivity index (χ3n) is 8.17. The molecule has 0 aromatic heterocycles. The summed E-state index contributed by atoms with van der Waals surface area (Å²) >= 11 is 0. The highest BCUT2D eigenvalue weighted by Gasteiger charge is 2.48. The second kappa shape index (κ2) is 8.60. The van der Waals surface area contributed by atoms with Crippen LogP contribution in [0.3, 0.4) is 0 Å². The molecule has 2 aromatic rings. The number of ether oxygens (including phenoxy) is 1. The van der Waals surface area contributed by atoms with Crippen LogP contribution >= 0.6 is 0 Å². The predicted octanol–water partition coefficient (Wildman–Crippen LogP) is 4.81. The van der Waals surface area contributed by atoms with E-state index in [0.717, 1.165) is 55.8 Å². The maximum absolute atomic E-state index is 12.6. The fraction of sp³-hybridized carbons (Fsp3) is 0.552. The van der Waals surface area contributed by atoms with Gasteiger partial charge in [-0.3, -0.25) is 0 Å². The van der Waals surface area contributed by atoms with Crippen LogP contribution in [0.15, 0.2) is 36.4 Å². The Morgan fingerprint density at radius 1 is 1.15 bits per heavy atom. The summed E-state index contributed by atoms with van der Waals surface area (Å²) in [6.45, 7) is 13.6. The molecule has 5 heteroatoms. The van der Waals surface area contributed by atoms with Crippen molar-refractivity contribution < 1.29 is 14.6 Å². The van der Waals surface area contributed by atoms with Crippen LogP contribution < -0.4 is 9.84 Å². The number of hydrogen-bond acceptors (Lipinski definition) is 4. The van der Waals surface area contributed by atoms with Crippen molar-refractivity contribution in [2.45, 2.75) is 72.1 Å². The highest BCUT2D eigenvalue weighted by molar-refractivity contribution is 5.71. The molecule has 3 fully saturated rings. The van der Waals surface area contributed by atoms with E-state index < -0.39 is 6.09 Å². The molecule has 6 rings (SSSR count). The minimum Gasteiger partial charge on any atom is -0.530 e. The van der Waals surface area contributed by atoms with Crippen LogP contribution in [0.1, 0.15) is 63.3 Å². The van der Waals surface area contributed by atoms with Crippen LogP contribution in [-0.2, 0) is 6.42 Å². The van der Waals surface area contributed by atoms with Gasteiger partial charge in [-0.15, -0.1) is 0 Å². The van der Waals surface area contributed by atoms with Gasteiger partial charge in [-0.1, -0.05) is 38.1 Å². The van der Waals surface area contributed by atoms with Crippen molar-refractivity contribution >= 4 is 6.09 Å². The van der Waals surface area contributed by atoms with Gasteiger partial charge in [0, 0.05) is 12.6 Å². The number of fused-ring (bicyclic) bond motifs is 4. The van der Waals surface area contributed by atoms with Gasteiger partial charge >= 0.3 is 0 Å². The highest BCUT2D eigenvalue weighted by Crippen LogP contribution is 2.52. The SMILES string of the molecule is Cc1cc2c(cc1-c1ccc(OC(C)C)cc1)CC(C)(C)[C@H]2N(C(=O)[O-])[C@@H]1CN2CCC1CC2. The zero-order valence-corrected chi connectivity index (χ0v) is 21.1. The van der Waals surface area contributed by atoms with Crippen molar-refractivity contribution in [3.8, 4) is 16.9 Å². The summed E-state index contributed by atoms with van der Waals surface area (Å²) in [7, 11) is 0. The summed E-state index contributed by atoms with van der Waals surface area (Å²) in [6.07, 6.45) is 2.16. The maximum Gasteiger partial charge on any atom is 0.137 e. The van der Waals surface area contributed by atoms with Gasteiger partial charge in [0.05, 0.1) is 12.1 Å². The van der Waals surface area contributed by atoms with Crippen molar-refractivity contribution in [2.75, 3.05) is 19.6 Å². The molecule has 3 heterocycles. The summed E-state index contributed by atoms with van der Waals surface area (Å²) in [6, 6.07) is 12.7. The van der Waals surface area contributed by atoms with E-state index in [0.29, 0.717) is 5.92 Å². The Hall–Kier alpha value is -2.53. The van der Waals surface area contributed by atoms with E-state index in [2.05, 4.69) is 49.9 Å². The van der Waals surface area contributed by atoms with Crippen molar-refractivity contribution in [3.63, 3.8) is 0 Å². The van der Waals surface area contributed by atoms with Gasteiger partial charge in [0.25, 0.3) is 0 Å². The van der Waals surface area contributed by atoms with E-state index in [4.69, 9.17) is 4.74 Å². The van der Waals surface area contributed by atoms with E-state index in [1.807, 2.05) is 26.0 Å². The van der Waals surface area contributed by atoms with Crippen molar-refractivity contribution in [1.29, 1.82) is 0 Å². The molecule has 182 valence electrons. The Bertz CT molecular complexity index is 1070. The number of carbonyl (C=O) groups is 1. The minimum atomic E-state index is -1.02. The van der Waals surface area contributed by atoms with Crippen LogP contribution in [0.5, 0.6) is 5.75 Å². The molecule has 0 saturated carbocycles. The first-order valence-electron chi connectivity index (χ1n) is 12.8. The van der Waals surface area contributed by atoms with Gasteiger partial charge in [0.15, 0.2) is 0 Å². The van der Waals surface area contributed by atoms with Gasteiger partial charge in [-0.05, 0) is 104 Å². The molecule has 0 radical (unpaired) electrons. The number of aryl methyl sites for hydroxylation is 1. The molecule has 3 saturated heterocycles. The molecule has 0 spiro atoms. The minimum absolute atomic E-state index is 0.0243. The number of hydrogen-bond donors (Lipinski definition) is 0. The summed E-state index contributed by atoms with van der Waals surface area (Å²) in [5.74, 6) is 1.32.